The normalized spacial score (nSPS) is 14.3. The van der Waals surface area contributed by atoms with Crippen LogP contribution in [0.5, 0.6) is 0 Å². The molecule has 39 heavy (non-hydrogen) atoms. The highest BCUT2D eigenvalue weighted by Gasteiger charge is 2.24. The van der Waals surface area contributed by atoms with E-state index in [-0.39, 0.29) is 22.8 Å². The molecule has 0 saturated heterocycles. The Kier molecular flexibility index (Phi) is 15.1. The van der Waals surface area contributed by atoms with Crippen LogP contribution >= 0.6 is 0 Å². The fourth-order valence-corrected chi connectivity index (χ4v) is 4.94. The number of aromatic nitrogens is 2. The Morgan fingerprint density at radius 3 is 1.62 bits per heavy atom. The first kappa shape index (κ1) is 35.4. The molecular weight excluding hydrogens is 486 g/mol. The Morgan fingerprint density at radius 2 is 1.15 bits per heavy atom. The topological polar surface area (TPSA) is 69.5 Å². The summed E-state index contributed by atoms with van der Waals surface area (Å²) in [6.45, 7) is 23.3. The van der Waals surface area contributed by atoms with Gasteiger partial charge in [0.25, 0.3) is 0 Å². The summed E-state index contributed by atoms with van der Waals surface area (Å²) in [6, 6.07) is -0.0108. The van der Waals surface area contributed by atoms with E-state index in [0.29, 0.717) is 23.9 Å². The van der Waals surface area contributed by atoms with E-state index in [4.69, 9.17) is 9.41 Å². The van der Waals surface area contributed by atoms with Crippen LogP contribution < -0.4 is 17.1 Å². The average Bonchev–Trinajstić information content (AvgIpc) is 2.79. The van der Waals surface area contributed by atoms with E-state index in [1.807, 2.05) is 0 Å². The minimum absolute atomic E-state index is 0.0108. The summed E-state index contributed by atoms with van der Waals surface area (Å²) in [5.41, 5.74) is 0.549. The zero-order valence-electron chi connectivity index (χ0n) is 27.5. The molecule has 0 aliphatic carbocycles. The molecule has 0 aliphatic heterocycles. The molecule has 1 heterocycles. The maximum atomic E-state index is 13.6. The molecule has 6 heteroatoms. The van der Waals surface area contributed by atoms with Gasteiger partial charge >= 0.3 is 17.1 Å². The summed E-state index contributed by atoms with van der Waals surface area (Å²) in [5, 5.41) is 0. The third-order valence-corrected chi connectivity index (χ3v) is 7.56. The van der Waals surface area contributed by atoms with Gasteiger partial charge in [-0.25, -0.2) is 23.7 Å². The highest BCUT2D eigenvalue weighted by Crippen LogP contribution is 2.26. The number of hydrogen-bond donors (Lipinski definition) is 0. The Bertz CT molecular complexity index is 994. The van der Waals surface area contributed by atoms with Crippen molar-refractivity contribution >= 4 is 0 Å². The molecule has 0 radical (unpaired) electrons. The first-order chi connectivity index (χ1) is 18.0. The van der Waals surface area contributed by atoms with E-state index in [1.54, 1.807) is 4.57 Å². The fraction of sp³-hybridized carbons (Fsp3) is 0.909. The first-order valence-electron chi connectivity index (χ1n) is 15.9. The molecular formula is C33H63N3O3. The van der Waals surface area contributed by atoms with Crippen molar-refractivity contribution in [2.75, 3.05) is 0 Å². The van der Waals surface area contributed by atoms with E-state index >= 15 is 0 Å². The van der Waals surface area contributed by atoms with Crippen molar-refractivity contribution in [3.8, 4) is 0 Å². The van der Waals surface area contributed by atoms with Crippen molar-refractivity contribution in [2.24, 2.45) is 21.2 Å². The van der Waals surface area contributed by atoms with Crippen LogP contribution in [-0.4, -0.2) is 15.2 Å². The molecule has 6 nitrogen and oxygen atoms in total. The molecule has 1 aromatic rings. The zero-order valence-corrected chi connectivity index (χ0v) is 27.5. The fourth-order valence-electron chi connectivity index (χ4n) is 4.94. The Morgan fingerprint density at radius 1 is 0.667 bits per heavy atom. The minimum atomic E-state index is -0.573. The van der Waals surface area contributed by atoms with Gasteiger partial charge in [0.1, 0.15) is 0 Å². The van der Waals surface area contributed by atoms with Crippen LogP contribution in [0.25, 0.3) is 0 Å². The van der Waals surface area contributed by atoms with Crippen LogP contribution in [0.4, 0.5) is 0 Å². The van der Waals surface area contributed by atoms with Gasteiger partial charge in [-0.05, 0) is 48.3 Å². The summed E-state index contributed by atoms with van der Waals surface area (Å²) in [4.78, 5) is 31.5. The van der Waals surface area contributed by atoms with Gasteiger partial charge in [0.05, 0.1) is 6.04 Å². The second-order valence-corrected chi connectivity index (χ2v) is 15.2. The van der Waals surface area contributed by atoms with Crippen LogP contribution in [0.15, 0.2) is 19.0 Å². The van der Waals surface area contributed by atoms with Crippen LogP contribution in [0.3, 0.4) is 0 Å². The van der Waals surface area contributed by atoms with E-state index in [1.165, 1.54) is 30.3 Å². The van der Waals surface area contributed by atoms with Gasteiger partial charge < -0.3 is 4.42 Å². The smallest absolute Gasteiger partial charge is 0.375 e. The third kappa shape index (κ3) is 15.1. The number of hydrogen-bond acceptors (Lipinski definition) is 4. The van der Waals surface area contributed by atoms with Gasteiger partial charge in [-0.3, -0.25) is 0 Å². The number of unbranched alkanes of at least 4 members (excludes halogenated alkanes) is 8. The van der Waals surface area contributed by atoms with Crippen LogP contribution in [0.1, 0.15) is 159 Å². The van der Waals surface area contributed by atoms with Crippen molar-refractivity contribution in [3.63, 3.8) is 0 Å². The SMILES string of the molecule is CCCCCC(N=c1oc(=O)n(CCCCCCC(C)(C)C)c(=O)n1CCCCCCC(C)(C)C)C(C)(C)C. The molecule has 0 N–H and O–H groups in total. The van der Waals surface area contributed by atoms with Crippen molar-refractivity contribution < 1.29 is 4.42 Å². The molecule has 1 aromatic heterocycles. The highest BCUT2D eigenvalue weighted by atomic mass is 16.4. The molecule has 0 aliphatic rings. The maximum absolute atomic E-state index is 13.6. The van der Waals surface area contributed by atoms with Gasteiger partial charge in [-0.15, -0.1) is 0 Å². The monoisotopic (exact) mass is 549 g/mol. The lowest BCUT2D eigenvalue weighted by Gasteiger charge is -2.27. The van der Waals surface area contributed by atoms with Crippen molar-refractivity contribution in [1.29, 1.82) is 0 Å². The van der Waals surface area contributed by atoms with Gasteiger partial charge in [0.2, 0.25) is 0 Å². The highest BCUT2D eigenvalue weighted by molar-refractivity contribution is 4.82. The lowest BCUT2D eigenvalue weighted by molar-refractivity contribution is 0.255. The molecule has 0 aromatic carbocycles. The summed E-state index contributed by atoms with van der Waals surface area (Å²) in [5.74, 6) is -0.573. The molecule has 0 bridgehead atoms. The molecule has 0 saturated carbocycles. The lowest BCUT2D eigenvalue weighted by atomic mass is 9.84. The average molecular weight is 550 g/mol. The Hall–Kier alpha value is -1.59. The summed E-state index contributed by atoms with van der Waals surface area (Å²) in [7, 11) is 0. The standard InChI is InChI=1S/C33H63N3O3/c1-11-12-17-22-27(33(8,9)10)34-28-35(25-20-15-13-18-23-31(2,3)4)29(37)36(30(38)39-28)26-21-16-14-19-24-32(5,6)7/h27H,11-26H2,1-10H3. The van der Waals surface area contributed by atoms with E-state index in [9.17, 15) is 9.59 Å². The summed E-state index contributed by atoms with van der Waals surface area (Å²) < 4.78 is 8.74. The Labute approximate surface area is 239 Å². The first-order valence-corrected chi connectivity index (χ1v) is 15.9. The van der Waals surface area contributed by atoms with Crippen LogP contribution in [-0.2, 0) is 13.1 Å². The molecule has 228 valence electrons. The van der Waals surface area contributed by atoms with Crippen molar-refractivity contribution in [2.45, 2.75) is 178 Å². The van der Waals surface area contributed by atoms with Gasteiger partial charge in [-0.2, -0.15) is 0 Å². The predicted octanol–water partition coefficient (Wildman–Crippen LogP) is 8.49. The van der Waals surface area contributed by atoms with E-state index < -0.39 is 5.76 Å². The van der Waals surface area contributed by atoms with Gasteiger partial charge in [0, 0.05) is 13.1 Å². The molecule has 0 amide bonds. The van der Waals surface area contributed by atoms with Crippen LogP contribution in [0, 0.1) is 16.2 Å². The van der Waals surface area contributed by atoms with E-state index in [2.05, 4.69) is 69.2 Å². The van der Waals surface area contributed by atoms with Gasteiger partial charge in [-0.1, -0.05) is 127 Å². The summed E-state index contributed by atoms with van der Waals surface area (Å²) in [6.07, 6.45) is 15.1. The van der Waals surface area contributed by atoms with Gasteiger partial charge in [0.15, 0.2) is 0 Å². The van der Waals surface area contributed by atoms with E-state index in [0.717, 1.165) is 64.2 Å². The van der Waals surface area contributed by atoms with Crippen molar-refractivity contribution in [3.05, 3.63) is 26.7 Å². The van der Waals surface area contributed by atoms with Crippen molar-refractivity contribution in [1.82, 2.24) is 9.13 Å². The molecule has 1 unspecified atom stereocenters. The second-order valence-electron chi connectivity index (χ2n) is 15.2. The number of rotatable bonds is 17. The number of nitrogens with zero attached hydrogens (tertiary/aromatic N) is 3. The largest absolute Gasteiger partial charge is 0.425 e. The second kappa shape index (κ2) is 16.6. The zero-order chi connectivity index (χ0) is 29.7. The summed E-state index contributed by atoms with van der Waals surface area (Å²) >= 11 is 0. The third-order valence-electron chi connectivity index (χ3n) is 7.56. The molecule has 1 rings (SSSR count). The Balaban J connectivity index is 3.14. The molecule has 0 fully saturated rings. The minimum Gasteiger partial charge on any atom is -0.375 e. The molecule has 1 atom stereocenters. The van der Waals surface area contributed by atoms with Crippen LogP contribution in [0.2, 0.25) is 0 Å². The maximum Gasteiger partial charge on any atom is 0.425 e. The molecule has 0 spiro atoms. The lowest BCUT2D eigenvalue weighted by Crippen LogP contribution is -2.47. The predicted molar refractivity (Wildman–Crippen MR) is 165 cm³/mol. The quantitative estimate of drug-likeness (QED) is 0.183.